The summed E-state index contributed by atoms with van der Waals surface area (Å²) in [5.74, 6) is 0. The minimum atomic E-state index is 0.0387. The first kappa shape index (κ1) is 6.61. The Kier molecular flexibility index (Phi) is 1.51. The fraction of sp³-hybridized carbons (Fsp3) is 0.125. The topological polar surface area (TPSA) is 33.4 Å². The van der Waals surface area contributed by atoms with Crippen LogP contribution in [0.25, 0.3) is 11.0 Å². The summed E-state index contributed by atoms with van der Waals surface area (Å²) in [4.78, 5) is 0. The number of aliphatic hydroxyl groups excluding tert-OH is 1. The van der Waals surface area contributed by atoms with Gasteiger partial charge in [0.15, 0.2) is 0 Å². The Bertz CT molecular complexity index is 367. The molecule has 0 saturated heterocycles. The molecule has 0 amide bonds. The van der Waals surface area contributed by atoms with E-state index in [0.717, 1.165) is 16.4 Å². The molecule has 0 bridgehead atoms. The molecule has 54 valence electrons. The molecule has 3 heteroatoms. The normalized spacial score (nSPS) is 10.3. The Hall–Kier alpha value is -1.09. The van der Waals surface area contributed by atoms with Crippen molar-refractivity contribution in [1.29, 1.82) is 0 Å². The zero-order valence-electron chi connectivity index (χ0n) is 5.95. The molecule has 0 atom stereocenters. The molecule has 1 N–H and O–H groups in total. The number of hydrogen-bond acceptors (Lipinski definition) is 2. The van der Waals surface area contributed by atoms with Gasteiger partial charge >= 0.3 is 63.9 Å². The van der Waals surface area contributed by atoms with Crippen molar-refractivity contribution in [2.24, 2.45) is 0 Å². The first-order valence-corrected chi connectivity index (χ1v) is 3.48. The van der Waals surface area contributed by atoms with Gasteiger partial charge in [-0.3, -0.25) is 0 Å². The SMILES string of the molecule is OCc1boc2ccccc12. The Balaban J connectivity index is 2.76. The molecule has 1 heterocycles. The molecule has 0 aliphatic heterocycles. The molecule has 0 aliphatic carbocycles. The monoisotopic (exact) mass is 146 g/mol. The molecule has 0 radical (unpaired) electrons. The zero-order chi connectivity index (χ0) is 7.68. The molecular weight excluding hydrogens is 139 g/mol. The summed E-state index contributed by atoms with van der Waals surface area (Å²) in [6, 6.07) is 7.66. The van der Waals surface area contributed by atoms with E-state index < -0.39 is 0 Å². The predicted octanol–water partition coefficient (Wildman–Crippen LogP) is 1.26. The van der Waals surface area contributed by atoms with E-state index in [1.165, 1.54) is 0 Å². The molecule has 2 nitrogen and oxygen atoms in total. The first-order valence-electron chi connectivity index (χ1n) is 3.48. The maximum atomic E-state index is 8.86. The third-order valence-corrected chi connectivity index (χ3v) is 1.73. The van der Waals surface area contributed by atoms with Gasteiger partial charge in [-0.15, -0.1) is 0 Å². The van der Waals surface area contributed by atoms with Gasteiger partial charge in [0, 0.05) is 0 Å². The van der Waals surface area contributed by atoms with Gasteiger partial charge in [0.25, 0.3) is 0 Å². The van der Waals surface area contributed by atoms with Gasteiger partial charge in [-0.25, -0.2) is 0 Å². The fourth-order valence-corrected chi connectivity index (χ4v) is 1.16. The molecule has 1 aromatic heterocycles. The molecule has 1 aromatic carbocycles. The van der Waals surface area contributed by atoms with E-state index in [1.54, 1.807) is 7.13 Å². The summed E-state index contributed by atoms with van der Waals surface area (Å²) in [6.45, 7) is 0.0387. The summed E-state index contributed by atoms with van der Waals surface area (Å²) in [7, 11) is 1.59. The minimum absolute atomic E-state index is 0.0387. The fourth-order valence-electron chi connectivity index (χ4n) is 1.16. The van der Waals surface area contributed by atoms with Gasteiger partial charge in [0.05, 0.1) is 0 Å². The van der Waals surface area contributed by atoms with E-state index in [0.29, 0.717) is 0 Å². The summed E-state index contributed by atoms with van der Waals surface area (Å²) < 4.78 is 5.18. The summed E-state index contributed by atoms with van der Waals surface area (Å²) in [5.41, 5.74) is 1.68. The standard InChI is InChI=1S/C8H7BO2/c10-5-7-6-3-1-2-4-8(6)11-9-7/h1-4,10H,5H2. The number of benzene rings is 1. The van der Waals surface area contributed by atoms with Gasteiger partial charge in [0.2, 0.25) is 0 Å². The van der Waals surface area contributed by atoms with Gasteiger partial charge in [-0.1, -0.05) is 0 Å². The molecule has 2 aromatic rings. The molecular formula is C8H7BO2. The predicted molar refractivity (Wildman–Crippen MR) is 43.5 cm³/mol. The van der Waals surface area contributed by atoms with E-state index in [1.807, 2.05) is 24.3 Å². The Labute approximate surface area is 64.7 Å². The second-order valence-corrected chi connectivity index (χ2v) is 2.42. The second-order valence-electron chi connectivity index (χ2n) is 2.42. The van der Waals surface area contributed by atoms with Crippen LogP contribution in [0.1, 0.15) is 5.46 Å². The van der Waals surface area contributed by atoms with E-state index in [4.69, 9.17) is 9.44 Å². The van der Waals surface area contributed by atoms with Crippen LogP contribution in [0, 0.1) is 0 Å². The van der Waals surface area contributed by atoms with Crippen LogP contribution >= 0.6 is 0 Å². The molecule has 0 unspecified atom stereocenters. The zero-order valence-corrected chi connectivity index (χ0v) is 5.95. The number of aliphatic hydroxyl groups is 1. The van der Waals surface area contributed by atoms with Crippen LogP contribution in [-0.2, 0) is 6.61 Å². The number of rotatable bonds is 1. The van der Waals surface area contributed by atoms with Crippen molar-refractivity contribution in [3.05, 3.63) is 29.7 Å². The van der Waals surface area contributed by atoms with Gasteiger partial charge in [-0.2, -0.15) is 0 Å². The number of para-hydroxylation sites is 1. The van der Waals surface area contributed by atoms with Crippen LogP contribution in [0.2, 0.25) is 0 Å². The van der Waals surface area contributed by atoms with E-state index in [2.05, 4.69) is 0 Å². The van der Waals surface area contributed by atoms with Gasteiger partial charge in [-0.05, 0) is 0 Å². The molecule has 0 spiro atoms. The van der Waals surface area contributed by atoms with Crippen LogP contribution < -0.4 is 0 Å². The van der Waals surface area contributed by atoms with Crippen LogP contribution in [-0.4, -0.2) is 12.2 Å². The Morgan fingerprint density at radius 3 is 3.00 bits per heavy atom. The molecule has 0 aliphatic rings. The van der Waals surface area contributed by atoms with E-state index in [9.17, 15) is 0 Å². The third kappa shape index (κ3) is 0.974. The number of hydrogen-bond donors (Lipinski definition) is 1. The average Bonchev–Trinajstić information content (AvgIpc) is 2.47. The van der Waals surface area contributed by atoms with Crippen molar-refractivity contribution in [2.75, 3.05) is 0 Å². The summed E-state index contributed by atoms with van der Waals surface area (Å²) in [5, 5.41) is 9.86. The van der Waals surface area contributed by atoms with Gasteiger partial charge in [0.1, 0.15) is 0 Å². The van der Waals surface area contributed by atoms with Crippen LogP contribution in [0.3, 0.4) is 0 Å². The van der Waals surface area contributed by atoms with Crippen molar-refractivity contribution in [1.82, 2.24) is 0 Å². The quantitative estimate of drug-likeness (QED) is 0.656. The van der Waals surface area contributed by atoms with Crippen molar-refractivity contribution < 1.29 is 9.44 Å². The first-order chi connectivity index (χ1) is 5.42. The van der Waals surface area contributed by atoms with E-state index >= 15 is 0 Å². The molecule has 11 heavy (non-hydrogen) atoms. The van der Waals surface area contributed by atoms with Gasteiger partial charge < -0.3 is 0 Å². The summed E-state index contributed by atoms with van der Waals surface area (Å²) in [6.07, 6.45) is 0. The molecule has 0 saturated carbocycles. The third-order valence-electron chi connectivity index (χ3n) is 1.73. The van der Waals surface area contributed by atoms with Crippen molar-refractivity contribution in [2.45, 2.75) is 6.61 Å². The number of fused-ring (bicyclic) bond motifs is 1. The van der Waals surface area contributed by atoms with Crippen LogP contribution in [0.5, 0.6) is 0 Å². The average molecular weight is 146 g/mol. The van der Waals surface area contributed by atoms with Crippen molar-refractivity contribution in [3.8, 4) is 0 Å². The van der Waals surface area contributed by atoms with Crippen molar-refractivity contribution >= 4 is 18.1 Å². The Morgan fingerprint density at radius 2 is 2.18 bits per heavy atom. The van der Waals surface area contributed by atoms with Crippen LogP contribution in [0.4, 0.5) is 0 Å². The van der Waals surface area contributed by atoms with Crippen molar-refractivity contribution in [3.63, 3.8) is 0 Å². The Morgan fingerprint density at radius 1 is 1.36 bits per heavy atom. The van der Waals surface area contributed by atoms with E-state index in [-0.39, 0.29) is 6.61 Å². The molecule has 2 rings (SSSR count). The second kappa shape index (κ2) is 2.51. The summed E-state index contributed by atoms with van der Waals surface area (Å²) >= 11 is 0. The van der Waals surface area contributed by atoms with Crippen LogP contribution in [0.15, 0.2) is 28.6 Å². The maximum absolute atomic E-state index is 8.86. The molecule has 0 fully saturated rings.